The van der Waals surface area contributed by atoms with Crippen LogP contribution in [0.2, 0.25) is 0 Å². The van der Waals surface area contributed by atoms with Gasteiger partial charge < -0.3 is 15.2 Å². The molecule has 102 valence electrons. The molecular formula is C13H27NO3. The van der Waals surface area contributed by atoms with Crippen molar-refractivity contribution >= 4 is 5.97 Å². The van der Waals surface area contributed by atoms with Crippen molar-refractivity contribution in [2.45, 2.75) is 58.6 Å². The van der Waals surface area contributed by atoms with E-state index >= 15 is 0 Å². The van der Waals surface area contributed by atoms with E-state index in [0.29, 0.717) is 18.9 Å². The zero-order valence-corrected chi connectivity index (χ0v) is 11.7. The number of carboxylic acids is 1. The third kappa shape index (κ3) is 6.64. The number of ether oxygens (including phenoxy) is 1. The molecule has 0 aromatic rings. The molecular weight excluding hydrogens is 218 g/mol. The zero-order chi connectivity index (χ0) is 13.5. The Bertz CT molecular complexity index is 231. The van der Waals surface area contributed by atoms with Crippen LogP contribution in [-0.4, -0.2) is 36.4 Å². The summed E-state index contributed by atoms with van der Waals surface area (Å²) >= 11 is 0. The number of carboxylic acid groups (broad SMARTS) is 1. The smallest absolute Gasteiger partial charge is 0.323 e. The lowest BCUT2D eigenvalue weighted by molar-refractivity contribution is -0.144. The van der Waals surface area contributed by atoms with E-state index in [-0.39, 0.29) is 6.10 Å². The van der Waals surface area contributed by atoms with E-state index in [9.17, 15) is 4.79 Å². The molecule has 2 unspecified atom stereocenters. The Morgan fingerprint density at radius 1 is 1.41 bits per heavy atom. The Morgan fingerprint density at radius 3 is 2.41 bits per heavy atom. The van der Waals surface area contributed by atoms with E-state index in [4.69, 9.17) is 9.84 Å². The minimum absolute atomic E-state index is 0.251. The maximum Gasteiger partial charge on any atom is 0.323 e. The normalized spacial score (nSPS) is 16.8. The van der Waals surface area contributed by atoms with E-state index in [1.165, 1.54) is 0 Å². The molecule has 0 bridgehead atoms. The van der Waals surface area contributed by atoms with Crippen molar-refractivity contribution in [3.05, 3.63) is 0 Å². The summed E-state index contributed by atoms with van der Waals surface area (Å²) < 4.78 is 5.65. The van der Waals surface area contributed by atoms with Crippen LogP contribution in [0.1, 0.15) is 47.0 Å². The molecule has 0 amide bonds. The Hall–Kier alpha value is -0.610. The highest BCUT2D eigenvalue weighted by Gasteiger charge is 2.30. The summed E-state index contributed by atoms with van der Waals surface area (Å²) in [7, 11) is 1.68. The monoisotopic (exact) mass is 245 g/mol. The number of hydrogen-bond donors (Lipinski definition) is 2. The molecule has 0 aromatic heterocycles. The van der Waals surface area contributed by atoms with Crippen LogP contribution < -0.4 is 5.32 Å². The molecule has 2 atom stereocenters. The Labute approximate surface area is 105 Å². The maximum absolute atomic E-state index is 11.0. The second-order valence-electron chi connectivity index (χ2n) is 5.30. The van der Waals surface area contributed by atoms with Crippen molar-refractivity contribution in [2.24, 2.45) is 5.92 Å². The van der Waals surface area contributed by atoms with Crippen LogP contribution in [0.15, 0.2) is 0 Å². The average molecular weight is 245 g/mol. The van der Waals surface area contributed by atoms with E-state index in [0.717, 1.165) is 12.8 Å². The number of aliphatic carboxylic acids is 1. The fraction of sp³-hybridized carbons (Fsp3) is 0.923. The molecule has 0 aliphatic carbocycles. The lowest BCUT2D eigenvalue weighted by Gasteiger charge is -2.24. The molecule has 4 heteroatoms. The third-order valence-corrected chi connectivity index (χ3v) is 3.05. The fourth-order valence-corrected chi connectivity index (χ4v) is 1.78. The maximum atomic E-state index is 11.0. The first-order valence-corrected chi connectivity index (χ1v) is 6.35. The minimum atomic E-state index is -0.843. The lowest BCUT2D eigenvalue weighted by atomic mass is 9.96. The molecule has 17 heavy (non-hydrogen) atoms. The van der Waals surface area contributed by atoms with Crippen LogP contribution in [0.25, 0.3) is 0 Å². The standard InChI is InChI=1S/C13H27NO3/c1-10(2)9-11(3)17-8-6-7-13(4,14-5)12(15)16/h10-11,14H,6-9H2,1-5H3,(H,15,16). The van der Waals surface area contributed by atoms with Gasteiger partial charge in [-0.05, 0) is 46.1 Å². The van der Waals surface area contributed by atoms with Gasteiger partial charge in [-0.2, -0.15) is 0 Å². The number of likely N-dealkylation sites (N-methyl/N-ethyl adjacent to an activating group) is 1. The van der Waals surface area contributed by atoms with Crippen LogP contribution in [0.4, 0.5) is 0 Å². The topological polar surface area (TPSA) is 58.6 Å². The zero-order valence-electron chi connectivity index (χ0n) is 11.7. The molecule has 0 spiro atoms. The summed E-state index contributed by atoms with van der Waals surface area (Å²) in [5.41, 5.74) is -0.843. The van der Waals surface area contributed by atoms with Crippen molar-refractivity contribution in [1.82, 2.24) is 5.32 Å². The van der Waals surface area contributed by atoms with Crippen molar-refractivity contribution in [2.75, 3.05) is 13.7 Å². The van der Waals surface area contributed by atoms with Gasteiger partial charge in [0.2, 0.25) is 0 Å². The molecule has 4 nitrogen and oxygen atoms in total. The Morgan fingerprint density at radius 2 is 2.00 bits per heavy atom. The first-order valence-electron chi connectivity index (χ1n) is 6.35. The van der Waals surface area contributed by atoms with Crippen molar-refractivity contribution in [3.8, 4) is 0 Å². The van der Waals surface area contributed by atoms with Crippen LogP contribution in [-0.2, 0) is 9.53 Å². The van der Waals surface area contributed by atoms with Gasteiger partial charge in [-0.1, -0.05) is 13.8 Å². The van der Waals surface area contributed by atoms with Crippen molar-refractivity contribution in [3.63, 3.8) is 0 Å². The molecule has 0 aromatic carbocycles. The number of hydrogen-bond acceptors (Lipinski definition) is 3. The Kier molecular flexibility index (Phi) is 7.39. The molecule has 0 aliphatic heterocycles. The predicted octanol–water partition coefficient (Wildman–Crippen LogP) is 2.28. The summed E-state index contributed by atoms with van der Waals surface area (Å²) in [5.74, 6) is -0.179. The fourth-order valence-electron chi connectivity index (χ4n) is 1.78. The highest BCUT2D eigenvalue weighted by Crippen LogP contribution is 2.13. The molecule has 0 radical (unpaired) electrons. The minimum Gasteiger partial charge on any atom is -0.480 e. The molecule has 0 aliphatic rings. The van der Waals surface area contributed by atoms with Crippen LogP contribution >= 0.6 is 0 Å². The quantitative estimate of drug-likeness (QED) is 0.612. The molecule has 0 rings (SSSR count). The van der Waals surface area contributed by atoms with Crippen molar-refractivity contribution < 1.29 is 14.6 Å². The number of nitrogens with one attached hydrogen (secondary N) is 1. The van der Waals surface area contributed by atoms with E-state index < -0.39 is 11.5 Å². The molecule has 0 heterocycles. The van der Waals surface area contributed by atoms with Gasteiger partial charge >= 0.3 is 5.97 Å². The van der Waals surface area contributed by atoms with Gasteiger partial charge in [0.1, 0.15) is 5.54 Å². The van der Waals surface area contributed by atoms with Gasteiger partial charge in [0, 0.05) is 6.61 Å². The number of carbonyl (C=O) groups is 1. The third-order valence-electron chi connectivity index (χ3n) is 3.05. The Balaban J connectivity index is 3.80. The van der Waals surface area contributed by atoms with Gasteiger partial charge in [0.25, 0.3) is 0 Å². The summed E-state index contributed by atoms with van der Waals surface area (Å²) in [6.45, 7) is 8.73. The second-order valence-corrected chi connectivity index (χ2v) is 5.30. The van der Waals surface area contributed by atoms with E-state index in [1.807, 2.05) is 0 Å². The van der Waals surface area contributed by atoms with Gasteiger partial charge in [-0.15, -0.1) is 0 Å². The first-order chi connectivity index (χ1) is 7.81. The van der Waals surface area contributed by atoms with Gasteiger partial charge in [-0.25, -0.2) is 0 Å². The lowest BCUT2D eigenvalue weighted by Crippen LogP contribution is -2.47. The second kappa shape index (κ2) is 7.67. The summed E-state index contributed by atoms with van der Waals surface area (Å²) in [4.78, 5) is 11.0. The van der Waals surface area contributed by atoms with Crippen molar-refractivity contribution in [1.29, 1.82) is 0 Å². The van der Waals surface area contributed by atoms with Gasteiger partial charge in [0.05, 0.1) is 6.10 Å². The summed E-state index contributed by atoms with van der Waals surface area (Å²) in [5, 5.41) is 11.9. The van der Waals surface area contributed by atoms with E-state index in [1.54, 1.807) is 14.0 Å². The summed E-state index contributed by atoms with van der Waals surface area (Å²) in [6.07, 6.45) is 2.63. The van der Waals surface area contributed by atoms with E-state index in [2.05, 4.69) is 26.1 Å². The first kappa shape index (κ1) is 16.4. The molecule has 2 N–H and O–H groups in total. The average Bonchev–Trinajstić information content (AvgIpc) is 2.22. The van der Waals surface area contributed by atoms with Gasteiger partial charge in [-0.3, -0.25) is 4.79 Å². The molecule has 0 fully saturated rings. The highest BCUT2D eigenvalue weighted by atomic mass is 16.5. The predicted molar refractivity (Wildman–Crippen MR) is 69.2 cm³/mol. The summed E-state index contributed by atoms with van der Waals surface area (Å²) in [6, 6.07) is 0. The molecule has 0 saturated carbocycles. The largest absolute Gasteiger partial charge is 0.480 e. The highest BCUT2D eigenvalue weighted by molar-refractivity contribution is 5.78. The SMILES string of the molecule is CNC(C)(CCCOC(C)CC(C)C)C(=O)O. The van der Waals surface area contributed by atoms with Crippen LogP contribution in [0, 0.1) is 5.92 Å². The molecule has 0 saturated heterocycles. The van der Waals surface area contributed by atoms with Gasteiger partial charge in [0.15, 0.2) is 0 Å². The van der Waals surface area contributed by atoms with Crippen LogP contribution in [0.3, 0.4) is 0 Å². The van der Waals surface area contributed by atoms with Crippen LogP contribution in [0.5, 0.6) is 0 Å². The number of rotatable bonds is 9.